The molecule has 4 rings (SSSR count). The molecule has 0 aliphatic carbocycles. The van der Waals surface area contributed by atoms with Crippen molar-refractivity contribution in [1.29, 1.82) is 0 Å². The molecular weight excluding hydrogens is 389 g/mol. The molecule has 0 bridgehead atoms. The number of H-pyrrole nitrogens is 1. The highest BCUT2D eigenvalue weighted by molar-refractivity contribution is 5.94. The number of halogens is 3. The number of aromatic amines is 1. The Hall–Kier alpha value is -2.83. The van der Waals surface area contributed by atoms with Gasteiger partial charge in [0.25, 0.3) is 0 Å². The van der Waals surface area contributed by atoms with Crippen molar-refractivity contribution >= 4 is 22.4 Å². The molecule has 0 unspecified atom stereocenters. The van der Waals surface area contributed by atoms with E-state index in [9.17, 15) is 13.2 Å². The zero-order valence-corrected chi connectivity index (χ0v) is 17.2. The normalized spacial score (nSPS) is 16.9. The SMILES string of the molecule is CCC/C(=C1\CCCN(c2ncc(C(F)(F)F)cn2)C1)c1ccc(C)c2[nH]ccc12. The predicted molar refractivity (Wildman–Crippen MR) is 113 cm³/mol. The monoisotopic (exact) mass is 414 g/mol. The van der Waals surface area contributed by atoms with Crippen LogP contribution in [-0.2, 0) is 6.18 Å². The predicted octanol–water partition coefficient (Wildman–Crippen LogP) is 6.14. The summed E-state index contributed by atoms with van der Waals surface area (Å²) < 4.78 is 38.5. The zero-order chi connectivity index (χ0) is 21.3. The number of rotatable bonds is 4. The van der Waals surface area contributed by atoms with Crippen molar-refractivity contribution in [3.05, 3.63) is 59.1 Å². The number of allylic oxidation sites excluding steroid dienone is 1. The van der Waals surface area contributed by atoms with Crippen LogP contribution in [-0.4, -0.2) is 28.0 Å². The Bertz CT molecular complexity index is 1060. The summed E-state index contributed by atoms with van der Waals surface area (Å²) in [6.07, 6.45) is 3.18. The van der Waals surface area contributed by atoms with E-state index >= 15 is 0 Å². The van der Waals surface area contributed by atoms with Crippen LogP contribution in [0.5, 0.6) is 0 Å². The van der Waals surface area contributed by atoms with Gasteiger partial charge in [0.2, 0.25) is 5.95 Å². The van der Waals surface area contributed by atoms with Gasteiger partial charge >= 0.3 is 6.18 Å². The first kappa shape index (κ1) is 20.4. The van der Waals surface area contributed by atoms with E-state index in [1.807, 2.05) is 11.1 Å². The Balaban J connectivity index is 1.69. The Morgan fingerprint density at radius 2 is 1.93 bits per heavy atom. The van der Waals surface area contributed by atoms with Gasteiger partial charge in [-0.1, -0.05) is 25.5 Å². The van der Waals surface area contributed by atoms with Crippen molar-refractivity contribution in [1.82, 2.24) is 15.0 Å². The van der Waals surface area contributed by atoms with E-state index < -0.39 is 11.7 Å². The standard InChI is InChI=1S/C23H25F3N4/c1-3-5-18(19-8-7-15(2)21-20(19)9-10-27-21)16-6-4-11-30(14-16)22-28-12-17(13-29-22)23(24,25)26/h7-10,12-13,27H,3-6,11,14H2,1-2H3/b18-16-. The van der Waals surface area contributed by atoms with Gasteiger partial charge in [-0.15, -0.1) is 0 Å². The van der Waals surface area contributed by atoms with Crippen LogP contribution in [0.1, 0.15) is 49.3 Å². The zero-order valence-electron chi connectivity index (χ0n) is 17.2. The van der Waals surface area contributed by atoms with E-state index in [2.05, 4.69) is 47.0 Å². The molecule has 2 aromatic heterocycles. The molecule has 158 valence electrons. The van der Waals surface area contributed by atoms with Crippen LogP contribution in [0.3, 0.4) is 0 Å². The number of aromatic nitrogens is 3. The number of hydrogen-bond acceptors (Lipinski definition) is 3. The first-order valence-corrected chi connectivity index (χ1v) is 10.3. The lowest BCUT2D eigenvalue weighted by Crippen LogP contribution is -2.33. The van der Waals surface area contributed by atoms with Gasteiger partial charge in [-0.05, 0) is 54.5 Å². The topological polar surface area (TPSA) is 44.8 Å². The minimum atomic E-state index is -4.42. The van der Waals surface area contributed by atoms with E-state index in [1.165, 1.54) is 27.7 Å². The second-order valence-electron chi connectivity index (χ2n) is 7.82. The van der Waals surface area contributed by atoms with Crippen molar-refractivity contribution in [2.45, 2.75) is 45.7 Å². The Labute approximate surface area is 173 Å². The Morgan fingerprint density at radius 1 is 1.17 bits per heavy atom. The number of benzene rings is 1. The van der Waals surface area contributed by atoms with E-state index in [0.29, 0.717) is 12.5 Å². The number of alkyl halides is 3. The van der Waals surface area contributed by atoms with E-state index in [1.54, 1.807) is 0 Å². The molecule has 1 fully saturated rings. The number of piperidine rings is 1. The molecule has 0 atom stereocenters. The number of nitrogens with one attached hydrogen (secondary N) is 1. The van der Waals surface area contributed by atoms with Crippen molar-refractivity contribution in [3.63, 3.8) is 0 Å². The average molecular weight is 414 g/mol. The summed E-state index contributed by atoms with van der Waals surface area (Å²) in [6, 6.07) is 6.45. The quantitative estimate of drug-likeness (QED) is 0.558. The summed E-state index contributed by atoms with van der Waals surface area (Å²) in [6.45, 7) is 5.64. The van der Waals surface area contributed by atoms with Crippen molar-refractivity contribution in [2.75, 3.05) is 18.0 Å². The van der Waals surface area contributed by atoms with Gasteiger partial charge in [-0.3, -0.25) is 0 Å². The largest absolute Gasteiger partial charge is 0.419 e. The van der Waals surface area contributed by atoms with Crippen molar-refractivity contribution in [2.24, 2.45) is 0 Å². The number of anilines is 1. The second-order valence-corrected chi connectivity index (χ2v) is 7.82. The molecule has 4 nitrogen and oxygen atoms in total. The highest BCUT2D eigenvalue weighted by atomic mass is 19.4. The molecule has 1 aliphatic heterocycles. The van der Waals surface area contributed by atoms with Crippen LogP contribution >= 0.6 is 0 Å². The maximum atomic E-state index is 12.8. The van der Waals surface area contributed by atoms with Gasteiger partial charge in [0.15, 0.2) is 0 Å². The second kappa shape index (κ2) is 8.13. The van der Waals surface area contributed by atoms with Crippen LogP contribution in [0.25, 0.3) is 16.5 Å². The van der Waals surface area contributed by atoms with Crippen LogP contribution in [0, 0.1) is 6.92 Å². The van der Waals surface area contributed by atoms with Crippen molar-refractivity contribution in [3.8, 4) is 0 Å². The first-order valence-electron chi connectivity index (χ1n) is 10.3. The maximum Gasteiger partial charge on any atom is 0.419 e. The molecule has 1 aliphatic rings. The highest BCUT2D eigenvalue weighted by Gasteiger charge is 2.32. The highest BCUT2D eigenvalue weighted by Crippen LogP contribution is 2.35. The van der Waals surface area contributed by atoms with E-state index in [4.69, 9.17) is 0 Å². The van der Waals surface area contributed by atoms with Gasteiger partial charge in [0, 0.05) is 42.6 Å². The lowest BCUT2D eigenvalue weighted by Gasteiger charge is -2.31. The lowest BCUT2D eigenvalue weighted by atomic mass is 9.89. The smallest absolute Gasteiger partial charge is 0.361 e. The molecule has 0 radical (unpaired) electrons. The fraction of sp³-hybridized carbons (Fsp3) is 0.391. The molecule has 0 spiro atoms. The van der Waals surface area contributed by atoms with Crippen LogP contribution < -0.4 is 4.90 Å². The maximum absolute atomic E-state index is 12.8. The molecule has 1 N–H and O–H groups in total. The molecule has 7 heteroatoms. The number of fused-ring (bicyclic) bond motifs is 1. The summed E-state index contributed by atoms with van der Waals surface area (Å²) in [5.74, 6) is 0.353. The minimum absolute atomic E-state index is 0.353. The van der Waals surface area contributed by atoms with Gasteiger partial charge in [-0.25, -0.2) is 9.97 Å². The summed E-state index contributed by atoms with van der Waals surface area (Å²) in [4.78, 5) is 13.3. The Kier molecular flexibility index (Phi) is 5.54. The third-order valence-electron chi connectivity index (χ3n) is 5.72. The van der Waals surface area contributed by atoms with Gasteiger partial charge in [0.05, 0.1) is 5.56 Å². The summed E-state index contributed by atoms with van der Waals surface area (Å²) >= 11 is 0. The molecule has 3 aromatic rings. The van der Waals surface area contributed by atoms with Crippen LogP contribution in [0.15, 0.2) is 42.4 Å². The molecule has 0 amide bonds. The first-order chi connectivity index (χ1) is 14.4. The summed E-state index contributed by atoms with van der Waals surface area (Å²) in [7, 11) is 0. The van der Waals surface area contributed by atoms with Crippen molar-refractivity contribution < 1.29 is 13.2 Å². The van der Waals surface area contributed by atoms with Gasteiger partial charge < -0.3 is 9.88 Å². The molecule has 1 aromatic carbocycles. The fourth-order valence-electron chi connectivity index (χ4n) is 4.24. The lowest BCUT2D eigenvalue weighted by molar-refractivity contribution is -0.138. The van der Waals surface area contributed by atoms with Crippen LogP contribution in [0.2, 0.25) is 0 Å². The molecule has 3 heterocycles. The van der Waals surface area contributed by atoms with E-state index in [-0.39, 0.29) is 0 Å². The third kappa shape index (κ3) is 3.93. The average Bonchev–Trinajstić information content (AvgIpc) is 3.23. The van der Waals surface area contributed by atoms with Gasteiger partial charge in [-0.2, -0.15) is 13.2 Å². The van der Waals surface area contributed by atoms with Gasteiger partial charge in [0.1, 0.15) is 0 Å². The third-order valence-corrected chi connectivity index (χ3v) is 5.72. The van der Waals surface area contributed by atoms with Crippen LogP contribution in [0.4, 0.5) is 19.1 Å². The molecule has 1 saturated heterocycles. The minimum Gasteiger partial charge on any atom is -0.361 e. The molecular formula is C23H25F3N4. The number of hydrogen-bond donors (Lipinski definition) is 1. The molecule has 0 saturated carbocycles. The number of aryl methyl sites for hydroxylation is 1. The fourth-order valence-corrected chi connectivity index (χ4v) is 4.24. The summed E-state index contributed by atoms with van der Waals surface area (Å²) in [5.41, 5.74) is 5.43. The number of nitrogens with zero attached hydrogens (tertiary/aromatic N) is 3. The summed E-state index contributed by atoms with van der Waals surface area (Å²) in [5, 5.41) is 1.22. The molecule has 30 heavy (non-hydrogen) atoms. The Morgan fingerprint density at radius 3 is 2.63 bits per heavy atom. The van der Waals surface area contributed by atoms with E-state index in [0.717, 1.165) is 50.1 Å².